The summed E-state index contributed by atoms with van der Waals surface area (Å²) in [7, 11) is 0. The molecule has 3 rings (SSSR count). The smallest absolute Gasteiger partial charge is 0.113 e. The van der Waals surface area contributed by atoms with E-state index >= 15 is 0 Å². The van der Waals surface area contributed by atoms with E-state index < -0.39 is 0 Å². The van der Waals surface area contributed by atoms with Gasteiger partial charge < -0.3 is 0 Å². The van der Waals surface area contributed by atoms with Crippen LogP contribution >= 0.6 is 0 Å². The molecular weight excluding hydrogens is 282 g/mol. The molecule has 0 amide bonds. The summed E-state index contributed by atoms with van der Waals surface area (Å²) in [6.45, 7) is 2.27. The van der Waals surface area contributed by atoms with Crippen molar-refractivity contribution >= 4 is 11.0 Å². The number of hydrogen-bond acceptors (Lipinski definition) is 2. The fourth-order valence-electron chi connectivity index (χ4n) is 3.12. The number of aromatic amines is 1. The number of aryl methyl sites for hydroxylation is 1. The van der Waals surface area contributed by atoms with Gasteiger partial charge in [0.25, 0.3) is 0 Å². The molecule has 1 aromatic heterocycles. The topological polar surface area (TPSA) is 41.6 Å². The molecule has 0 unspecified atom stereocenters. The van der Waals surface area contributed by atoms with Crippen LogP contribution in [0.15, 0.2) is 42.5 Å². The van der Waals surface area contributed by atoms with Crippen molar-refractivity contribution < 1.29 is 0 Å². The number of rotatable bonds is 8. The van der Waals surface area contributed by atoms with Crippen LogP contribution < -0.4 is 0 Å². The van der Waals surface area contributed by atoms with E-state index in [-0.39, 0.29) is 0 Å². The number of nitrogens with zero attached hydrogens (tertiary/aromatic N) is 2. The largest absolute Gasteiger partial charge is 0.197 e. The van der Waals surface area contributed by atoms with Gasteiger partial charge in [0, 0.05) is 0 Å². The highest BCUT2D eigenvalue weighted by Gasteiger charge is 2.07. The monoisotopic (exact) mass is 307 g/mol. The van der Waals surface area contributed by atoms with Crippen molar-refractivity contribution in [3.63, 3.8) is 0 Å². The lowest BCUT2D eigenvalue weighted by Gasteiger charge is -2.10. The van der Waals surface area contributed by atoms with Gasteiger partial charge in [0.2, 0.25) is 0 Å². The molecule has 23 heavy (non-hydrogen) atoms. The molecule has 120 valence electrons. The van der Waals surface area contributed by atoms with Gasteiger partial charge in [-0.2, -0.15) is 15.4 Å². The van der Waals surface area contributed by atoms with Crippen LogP contribution in [0, 0.1) is 0 Å². The predicted octanol–water partition coefficient (Wildman–Crippen LogP) is 5.53. The summed E-state index contributed by atoms with van der Waals surface area (Å²) in [6.07, 6.45) is 9.17. The minimum absolute atomic E-state index is 0.919. The number of hydrogen-bond donors (Lipinski definition) is 1. The first-order chi connectivity index (χ1) is 11.4. The first-order valence-corrected chi connectivity index (χ1v) is 8.77. The minimum atomic E-state index is 0.919. The van der Waals surface area contributed by atoms with E-state index in [2.05, 4.69) is 58.7 Å². The fraction of sp³-hybridized carbons (Fsp3) is 0.400. The molecule has 0 aliphatic heterocycles. The Morgan fingerprint density at radius 1 is 0.826 bits per heavy atom. The van der Waals surface area contributed by atoms with E-state index in [4.69, 9.17) is 0 Å². The zero-order valence-corrected chi connectivity index (χ0v) is 13.9. The van der Waals surface area contributed by atoms with Gasteiger partial charge in [-0.05, 0) is 41.7 Å². The number of aromatic nitrogens is 3. The van der Waals surface area contributed by atoms with Crippen molar-refractivity contribution in [1.82, 2.24) is 15.4 Å². The van der Waals surface area contributed by atoms with Crippen molar-refractivity contribution in [3.8, 4) is 11.1 Å². The van der Waals surface area contributed by atoms with E-state index in [0.29, 0.717) is 0 Å². The summed E-state index contributed by atoms with van der Waals surface area (Å²) in [4.78, 5) is 0. The average Bonchev–Trinajstić information content (AvgIpc) is 3.06. The second-order valence-electron chi connectivity index (χ2n) is 6.20. The summed E-state index contributed by atoms with van der Waals surface area (Å²) in [6, 6.07) is 15.0. The maximum absolute atomic E-state index is 4.20. The van der Waals surface area contributed by atoms with Crippen LogP contribution in [0.4, 0.5) is 0 Å². The first-order valence-electron chi connectivity index (χ1n) is 8.77. The summed E-state index contributed by atoms with van der Waals surface area (Å²) in [5, 5.41) is 11.0. The number of nitrogens with one attached hydrogen (secondary N) is 1. The fourth-order valence-corrected chi connectivity index (χ4v) is 3.12. The molecule has 0 aliphatic carbocycles. The van der Waals surface area contributed by atoms with Crippen LogP contribution in [0.25, 0.3) is 22.2 Å². The third kappa shape index (κ3) is 3.98. The summed E-state index contributed by atoms with van der Waals surface area (Å²) < 4.78 is 0. The Kier molecular flexibility index (Phi) is 5.41. The maximum atomic E-state index is 4.20. The van der Waals surface area contributed by atoms with Gasteiger partial charge in [0.1, 0.15) is 11.0 Å². The van der Waals surface area contributed by atoms with Crippen LogP contribution in [0.5, 0.6) is 0 Å². The third-order valence-electron chi connectivity index (χ3n) is 4.44. The zero-order valence-electron chi connectivity index (χ0n) is 13.9. The second kappa shape index (κ2) is 7.91. The zero-order chi connectivity index (χ0) is 15.9. The molecule has 0 radical (unpaired) electrons. The normalized spacial score (nSPS) is 11.2. The van der Waals surface area contributed by atoms with Crippen LogP contribution in [0.3, 0.4) is 0 Å². The highest BCUT2D eigenvalue weighted by Crippen LogP contribution is 2.27. The van der Waals surface area contributed by atoms with Gasteiger partial charge in [-0.3, -0.25) is 0 Å². The molecule has 2 aromatic carbocycles. The number of unbranched alkanes of at least 4 members (excludes halogenated alkanes) is 5. The molecule has 1 N–H and O–H groups in total. The Balaban J connectivity index is 1.70. The van der Waals surface area contributed by atoms with Crippen LogP contribution in [0.1, 0.15) is 51.0 Å². The van der Waals surface area contributed by atoms with E-state index in [1.54, 1.807) is 0 Å². The molecule has 0 atom stereocenters. The highest BCUT2D eigenvalue weighted by atomic mass is 15.3. The first kappa shape index (κ1) is 15.7. The van der Waals surface area contributed by atoms with Crippen LogP contribution in [-0.4, -0.2) is 15.4 Å². The Morgan fingerprint density at radius 3 is 2.52 bits per heavy atom. The number of H-pyrrole nitrogens is 1. The van der Waals surface area contributed by atoms with Gasteiger partial charge in [-0.15, -0.1) is 0 Å². The number of benzene rings is 2. The molecule has 0 aliphatic rings. The van der Waals surface area contributed by atoms with Gasteiger partial charge in [-0.1, -0.05) is 69.4 Å². The molecule has 0 spiro atoms. The molecule has 3 aromatic rings. The molecule has 0 saturated carbocycles. The van der Waals surface area contributed by atoms with E-state index in [9.17, 15) is 0 Å². The number of fused-ring (bicyclic) bond motifs is 1. The second-order valence-corrected chi connectivity index (χ2v) is 6.20. The highest BCUT2D eigenvalue weighted by molar-refractivity contribution is 5.81. The molecule has 1 heterocycles. The quantitative estimate of drug-likeness (QED) is 0.556. The van der Waals surface area contributed by atoms with Crippen molar-refractivity contribution in [2.45, 2.75) is 51.9 Å². The van der Waals surface area contributed by atoms with Crippen molar-refractivity contribution in [1.29, 1.82) is 0 Å². The Morgan fingerprint density at radius 2 is 1.61 bits per heavy atom. The van der Waals surface area contributed by atoms with Gasteiger partial charge in [0.15, 0.2) is 0 Å². The van der Waals surface area contributed by atoms with Gasteiger partial charge in [0.05, 0.1) is 0 Å². The molecule has 0 bridgehead atoms. The van der Waals surface area contributed by atoms with Gasteiger partial charge in [-0.25, -0.2) is 0 Å². The third-order valence-corrected chi connectivity index (χ3v) is 4.44. The summed E-state index contributed by atoms with van der Waals surface area (Å²) in [5.74, 6) is 0. The molecule has 3 heteroatoms. The lowest BCUT2D eigenvalue weighted by atomic mass is 9.95. The Labute approximate surface area is 138 Å². The van der Waals surface area contributed by atoms with Crippen molar-refractivity contribution in [3.05, 3.63) is 48.0 Å². The lowest BCUT2D eigenvalue weighted by molar-refractivity contribution is 0.608. The van der Waals surface area contributed by atoms with Crippen molar-refractivity contribution in [2.24, 2.45) is 0 Å². The van der Waals surface area contributed by atoms with E-state index in [1.807, 2.05) is 6.07 Å². The predicted molar refractivity (Wildman–Crippen MR) is 96.4 cm³/mol. The van der Waals surface area contributed by atoms with Crippen LogP contribution in [0.2, 0.25) is 0 Å². The summed E-state index contributed by atoms with van der Waals surface area (Å²) in [5.41, 5.74) is 5.84. The molecule has 0 fully saturated rings. The van der Waals surface area contributed by atoms with Crippen molar-refractivity contribution in [2.75, 3.05) is 0 Å². The van der Waals surface area contributed by atoms with E-state index in [0.717, 1.165) is 17.5 Å². The maximum Gasteiger partial charge on any atom is 0.113 e. The van der Waals surface area contributed by atoms with E-state index in [1.165, 1.54) is 55.2 Å². The molecular formula is C20H25N3. The molecule has 3 nitrogen and oxygen atoms in total. The standard InChI is InChI=1S/C20H25N3/c1-2-3-4-5-6-7-10-16-11-8-9-12-18(16)17-13-14-19-20(15-17)22-23-21-19/h8-9,11-15H,2-7,10H2,1H3,(H,21,22,23). The van der Waals surface area contributed by atoms with Crippen LogP contribution in [-0.2, 0) is 6.42 Å². The van der Waals surface area contributed by atoms with Gasteiger partial charge >= 0.3 is 0 Å². The summed E-state index contributed by atoms with van der Waals surface area (Å²) >= 11 is 0. The SMILES string of the molecule is CCCCCCCCc1ccccc1-c1ccc2n[nH]nc2c1. The molecule has 0 saturated heterocycles. The Hall–Kier alpha value is -2.16. The Bertz CT molecular complexity index is 745. The lowest BCUT2D eigenvalue weighted by Crippen LogP contribution is -1.91. The average molecular weight is 307 g/mol. The minimum Gasteiger partial charge on any atom is -0.197 e.